The van der Waals surface area contributed by atoms with Gasteiger partial charge in [-0.25, -0.2) is 4.79 Å². The van der Waals surface area contributed by atoms with Gasteiger partial charge in [0.2, 0.25) is 17.7 Å². The molecule has 0 radical (unpaired) electrons. The molecule has 3 amide bonds. The molecule has 11 heteroatoms. The standard InChI is InChI=1S/C18H35N5O6/c1-10(2)8-13(22-15(25)11(3)20)17(27)21-12(6-4-5-7-19)16(26)23-14(9-24)18(28)29/h10-14,24H,4-9,19-20H2,1-3H3,(H,21,27)(H,22,25)(H,23,26)(H,28,29). The van der Waals surface area contributed by atoms with Crippen LogP contribution >= 0.6 is 0 Å². The van der Waals surface area contributed by atoms with Gasteiger partial charge >= 0.3 is 5.97 Å². The molecule has 0 fully saturated rings. The van der Waals surface area contributed by atoms with Crippen molar-refractivity contribution in [2.45, 2.75) is 70.6 Å². The zero-order valence-electron chi connectivity index (χ0n) is 17.3. The molecule has 168 valence electrons. The summed E-state index contributed by atoms with van der Waals surface area (Å²) in [5, 5.41) is 25.4. The smallest absolute Gasteiger partial charge is 0.328 e. The van der Waals surface area contributed by atoms with Gasteiger partial charge in [0.25, 0.3) is 0 Å². The number of aliphatic hydroxyl groups is 1. The summed E-state index contributed by atoms with van der Waals surface area (Å²) in [5.74, 6) is -3.12. The highest BCUT2D eigenvalue weighted by Crippen LogP contribution is 2.08. The minimum Gasteiger partial charge on any atom is -0.480 e. The number of rotatable bonds is 14. The maximum Gasteiger partial charge on any atom is 0.328 e. The highest BCUT2D eigenvalue weighted by Gasteiger charge is 2.29. The number of hydrogen-bond acceptors (Lipinski definition) is 7. The van der Waals surface area contributed by atoms with Gasteiger partial charge in [-0.15, -0.1) is 0 Å². The van der Waals surface area contributed by atoms with Gasteiger partial charge in [-0.3, -0.25) is 14.4 Å². The highest BCUT2D eigenvalue weighted by atomic mass is 16.4. The Bertz CT molecular complexity index is 555. The van der Waals surface area contributed by atoms with Crippen LogP contribution in [-0.2, 0) is 19.2 Å². The molecule has 0 saturated carbocycles. The first-order valence-electron chi connectivity index (χ1n) is 9.73. The maximum absolute atomic E-state index is 12.7. The Morgan fingerprint density at radius 2 is 1.38 bits per heavy atom. The molecule has 4 atom stereocenters. The van der Waals surface area contributed by atoms with Gasteiger partial charge in [-0.05, 0) is 45.1 Å². The van der Waals surface area contributed by atoms with E-state index in [4.69, 9.17) is 21.7 Å². The van der Waals surface area contributed by atoms with Crippen LogP contribution in [0.2, 0.25) is 0 Å². The van der Waals surface area contributed by atoms with Gasteiger partial charge in [0.1, 0.15) is 18.1 Å². The first-order chi connectivity index (χ1) is 13.5. The molecule has 0 aliphatic carbocycles. The van der Waals surface area contributed by atoms with Crippen LogP contribution < -0.4 is 27.4 Å². The van der Waals surface area contributed by atoms with Gasteiger partial charge in [0, 0.05) is 0 Å². The lowest BCUT2D eigenvalue weighted by Gasteiger charge is -2.25. The molecular weight excluding hydrogens is 382 g/mol. The molecule has 11 nitrogen and oxygen atoms in total. The number of hydrogen-bond donors (Lipinski definition) is 7. The van der Waals surface area contributed by atoms with Gasteiger partial charge in [-0.2, -0.15) is 0 Å². The van der Waals surface area contributed by atoms with Crippen LogP contribution in [0.5, 0.6) is 0 Å². The first-order valence-corrected chi connectivity index (χ1v) is 9.73. The van der Waals surface area contributed by atoms with Crippen molar-refractivity contribution in [1.82, 2.24) is 16.0 Å². The van der Waals surface area contributed by atoms with E-state index in [-0.39, 0.29) is 12.3 Å². The number of aliphatic carboxylic acids is 1. The number of carbonyl (C=O) groups excluding carboxylic acids is 3. The van der Waals surface area contributed by atoms with Crippen LogP contribution in [0, 0.1) is 5.92 Å². The Morgan fingerprint density at radius 3 is 1.83 bits per heavy atom. The molecule has 9 N–H and O–H groups in total. The van der Waals surface area contributed by atoms with Crippen molar-refractivity contribution >= 4 is 23.7 Å². The highest BCUT2D eigenvalue weighted by molar-refractivity contribution is 5.94. The Hall–Kier alpha value is -2.24. The minimum absolute atomic E-state index is 0.0782. The molecule has 0 aromatic carbocycles. The summed E-state index contributed by atoms with van der Waals surface area (Å²) in [6, 6.07) is -4.22. The summed E-state index contributed by atoms with van der Waals surface area (Å²) in [4.78, 5) is 48.2. The molecule has 0 heterocycles. The van der Waals surface area contributed by atoms with Gasteiger partial charge in [-0.1, -0.05) is 13.8 Å². The second kappa shape index (κ2) is 13.9. The molecule has 0 spiro atoms. The van der Waals surface area contributed by atoms with Crippen LogP contribution in [0.3, 0.4) is 0 Å². The van der Waals surface area contributed by atoms with E-state index in [9.17, 15) is 19.2 Å². The summed E-state index contributed by atoms with van der Waals surface area (Å²) in [6.45, 7) is 4.86. The van der Waals surface area contributed by atoms with Gasteiger partial charge in [0.15, 0.2) is 0 Å². The van der Waals surface area contributed by atoms with Crippen molar-refractivity contribution in [3.05, 3.63) is 0 Å². The first kappa shape index (κ1) is 26.8. The topological polar surface area (TPSA) is 197 Å². The number of nitrogens with two attached hydrogens (primary N) is 2. The van der Waals surface area contributed by atoms with E-state index < -0.39 is 54.5 Å². The average molecular weight is 418 g/mol. The lowest BCUT2D eigenvalue weighted by atomic mass is 10.0. The van der Waals surface area contributed by atoms with Crippen molar-refractivity contribution in [3.8, 4) is 0 Å². The number of carboxylic acids is 1. The summed E-state index contributed by atoms with van der Waals surface area (Å²) in [7, 11) is 0. The average Bonchev–Trinajstić information content (AvgIpc) is 2.63. The van der Waals surface area contributed by atoms with Crippen LogP contribution in [0.15, 0.2) is 0 Å². The zero-order chi connectivity index (χ0) is 22.6. The third kappa shape index (κ3) is 10.8. The fraction of sp³-hybridized carbons (Fsp3) is 0.778. The van der Waals surface area contributed by atoms with E-state index in [0.29, 0.717) is 25.8 Å². The van der Waals surface area contributed by atoms with Gasteiger partial charge in [0.05, 0.1) is 12.6 Å². The molecular formula is C18H35N5O6. The SMILES string of the molecule is CC(C)CC(NC(=O)C(C)N)C(=O)NC(CCCCN)C(=O)NC(CO)C(=O)O. The predicted octanol–water partition coefficient (Wildman–Crippen LogP) is -1.96. The van der Waals surface area contributed by atoms with Crippen LogP contribution in [0.1, 0.15) is 46.5 Å². The quantitative estimate of drug-likeness (QED) is 0.158. The molecule has 0 saturated heterocycles. The molecule has 0 bridgehead atoms. The second-order valence-corrected chi connectivity index (χ2v) is 7.41. The van der Waals surface area contributed by atoms with E-state index in [1.54, 1.807) is 0 Å². The van der Waals surface area contributed by atoms with E-state index in [0.717, 1.165) is 0 Å². The lowest BCUT2D eigenvalue weighted by Crippen LogP contribution is -2.57. The third-order valence-corrected chi connectivity index (χ3v) is 4.13. The predicted molar refractivity (Wildman–Crippen MR) is 107 cm³/mol. The summed E-state index contributed by atoms with van der Waals surface area (Å²) >= 11 is 0. The van der Waals surface area contributed by atoms with Crippen molar-refractivity contribution in [1.29, 1.82) is 0 Å². The van der Waals surface area contributed by atoms with Crippen LogP contribution in [-0.4, -0.2) is 71.2 Å². The molecule has 0 aromatic heterocycles. The Labute approximate surface area is 171 Å². The normalized spacial score (nSPS) is 15.1. The third-order valence-electron chi connectivity index (χ3n) is 4.13. The molecule has 29 heavy (non-hydrogen) atoms. The van der Waals surface area contributed by atoms with Crippen molar-refractivity contribution in [3.63, 3.8) is 0 Å². The number of amides is 3. The number of carboxylic acid groups (broad SMARTS) is 1. The largest absolute Gasteiger partial charge is 0.480 e. The lowest BCUT2D eigenvalue weighted by molar-refractivity contribution is -0.143. The monoisotopic (exact) mass is 417 g/mol. The van der Waals surface area contributed by atoms with E-state index in [1.807, 2.05) is 13.8 Å². The van der Waals surface area contributed by atoms with Gasteiger partial charge < -0.3 is 37.6 Å². The maximum atomic E-state index is 12.7. The van der Waals surface area contributed by atoms with Crippen LogP contribution in [0.4, 0.5) is 0 Å². The zero-order valence-corrected chi connectivity index (χ0v) is 17.3. The number of nitrogens with one attached hydrogen (secondary N) is 3. The number of carbonyl (C=O) groups is 4. The van der Waals surface area contributed by atoms with E-state index in [2.05, 4.69) is 16.0 Å². The van der Waals surface area contributed by atoms with Crippen LogP contribution in [0.25, 0.3) is 0 Å². The molecule has 0 aliphatic rings. The fourth-order valence-electron chi connectivity index (χ4n) is 2.50. The summed E-state index contributed by atoms with van der Waals surface area (Å²) < 4.78 is 0. The Morgan fingerprint density at radius 1 is 0.862 bits per heavy atom. The molecule has 0 aromatic rings. The Balaban J connectivity index is 5.31. The molecule has 0 aliphatic heterocycles. The minimum atomic E-state index is -1.49. The molecule has 0 rings (SSSR count). The Kier molecular flexibility index (Phi) is 12.8. The summed E-state index contributed by atoms with van der Waals surface area (Å²) in [6.07, 6.45) is 1.68. The summed E-state index contributed by atoms with van der Waals surface area (Å²) in [5.41, 5.74) is 11.0. The fourth-order valence-corrected chi connectivity index (χ4v) is 2.50. The second-order valence-electron chi connectivity index (χ2n) is 7.41. The van der Waals surface area contributed by atoms with Crippen molar-refractivity contribution in [2.75, 3.05) is 13.2 Å². The number of aliphatic hydroxyl groups excluding tert-OH is 1. The van der Waals surface area contributed by atoms with E-state index in [1.165, 1.54) is 6.92 Å². The van der Waals surface area contributed by atoms with E-state index >= 15 is 0 Å². The van der Waals surface area contributed by atoms with Crippen molar-refractivity contribution in [2.24, 2.45) is 17.4 Å². The number of unbranched alkanes of at least 4 members (excludes halogenated alkanes) is 1. The van der Waals surface area contributed by atoms with Crippen molar-refractivity contribution < 1.29 is 29.4 Å². The molecule has 4 unspecified atom stereocenters.